The Hall–Kier alpha value is -0.650. The van der Waals surface area contributed by atoms with Gasteiger partial charge in [-0.25, -0.2) is 0 Å². The van der Waals surface area contributed by atoms with Crippen molar-refractivity contribution in [2.75, 3.05) is 5.75 Å². The highest BCUT2D eigenvalue weighted by atomic mass is 79.9. The van der Waals surface area contributed by atoms with Crippen molar-refractivity contribution in [1.82, 2.24) is 0 Å². The topological polar surface area (TPSA) is 54.4 Å². The Morgan fingerprint density at radius 2 is 1.86 bits per heavy atom. The normalized spacial score (nSPS) is 14.0. The number of rotatable bonds is 8. The predicted octanol–water partition coefficient (Wildman–Crippen LogP) is 4.79. The second-order valence-electron chi connectivity index (χ2n) is 5.73. The van der Waals surface area contributed by atoms with E-state index in [4.69, 9.17) is 4.55 Å². The molecule has 1 N–H and O–H groups in total. The van der Waals surface area contributed by atoms with Crippen LogP contribution < -0.4 is 0 Å². The standard InChI is InChI=1S/C16H23BrO3S/c1-13(2)12-15(4-3-11-21(18,19)20)6-5-14-7-9-16(17)10-8-14/h5-10,13,15H,3-4,11-12H2,1-2H3,(H,18,19,20). The summed E-state index contributed by atoms with van der Waals surface area (Å²) in [5, 5.41) is 0. The van der Waals surface area contributed by atoms with E-state index in [2.05, 4.69) is 41.9 Å². The van der Waals surface area contributed by atoms with E-state index < -0.39 is 10.1 Å². The third-order valence-corrected chi connectivity index (χ3v) is 4.52. The van der Waals surface area contributed by atoms with Crippen molar-refractivity contribution < 1.29 is 13.0 Å². The summed E-state index contributed by atoms with van der Waals surface area (Å²) in [6.45, 7) is 4.31. The molecule has 0 aliphatic rings. The lowest BCUT2D eigenvalue weighted by Gasteiger charge is -2.14. The molecule has 5 heteroatoms. The number of hydrogen-bond acceptors (Lipinski definition) is 2. The van der Waals surface area contributed by atoms with E-state index in [0.717, 1.165) is 22.9 Å². The van der Waals surface area contributed by atoms with E-state index in [-0.39, 0.29) is 5.75 Å². The minimum Gasteiger partial charge on any atom is -0.286 e. The van der Waals surface area contributed by atoms with Crippen molar-refractivity contribution in [3.8, 4) is 0 Å². The third-order valence-electron chi connectivity index (χ3n) is 3.18. The Balaban J connectivity index is 2.62. The molecule has 1 unspecified atom stereocenters. The molecule has 0 amide bonds. The van der Waals surface area contributed by atoms with Crippen LogP contribution in [-0.2, 0) is 10.1 Å². The molecule has 1 aromatic rings. The zero-order valence-corrected chi connectivity index (χ0v) is 14.9. The van der Waals surface area contributed by atoms with Gasteiger partial charge in [-0.3, -0.25) is 4.55 Å². The molecule has 0 bridgehead atoms. The molecule has 1 rings (SSSR count). The van der Waals surface area contributed by atoms with Crippen molar-refractivity contribution in [1.29, 1.82) is 0 Å². The minimum absolute atomic E-state index is 0.159. The molecule has 1 atom stereocenters. The zero-order chi connectivity index (χ0) is 15.9. The van der Waals surface area contributed by atoms with Crippen LogP contribution in [-0.4, -0.2) is 18.7 Å². The van der Waals surface area contributed by atoms with E-state index in [1.165, 1.54) is 0 Å². The molecule has 0 saturated carbocycles. The molecular formula is C16H23BrO3S. The van der Waals surface area contributed by atoms with Crippen LogP contribution in [0, 0.1) is 11.8 Å². The number of hydrogen-bond donors (Lipinski definition) is 1. The predicted molar refractivity (Wildman–Crippen MR) is 91.8 cm³/mol. The van der Waals surface area contributed by atoms with E-state index in [0.29, 0.717) is 18.3 Å². The van der Waals surface area contributed by atoms with Gasteiger partial charge in [0.15, 0.2) is 0 Å². The number of allylic oxidation sites excluding steroid dienone is 1. The number of halogens is 1. The van der Waals surface area contributed by atoms with Crippen LogP contribution in [0.15, 0.2) is 34.8 Å². The van der Waals surface area contributed by atoms with Crippen molar-refractivity contribution in [3.05, 3.63) is 40.4 Å². The van der Waals surface area contributed by atoms with Gasteiger partial charge in [-0.1, -0.05) is 54.1 Å². The summed E-state index contributed by atoms with van der Waals surface area (Å²) in [6, 6.07) is 8.06. The maximum absolute atomic E-state index is 10.8. The summed E-state index contributed by atoms with van der Waals surface area (Å²) in [5.41, 5.74) is 1.13. The number of benzene rings is 1. The van der Waals surface area contributed by atoms with Gasteiger partial charge in [0.05, 0.1) is 5.75 Å². The first kappa shape index (κ1) is 18.4. The molecule has 118 valence electrons. The van der Waals surface area contributed by atoms with Crippen LogP contribution in [0.1, 0.15) is 38.7 Å². The monoisotopic (exact) mass is 374 g/mol. The summed E-state index contributed by atoms with van der Waals surface area (Å²) in [4.78, 5) is 0. The molecule has 0 saturated heterocycles. The molecule has 0 heterocycles. The molecule has 1 aromatic carbocycles. The van der Waals surface area contributed by atoms with Crippen molar-refractivity contribution in [3.63, 3.8) is 0 Å². The Morgan fingerprint density at radius 3 is 2.38 bits per heavy atom. The van der Waals surface area contributed by atoms with Gasteiger partial charge < -0.3 is 0 Å². The summed E-state index contributed by atoms with van der Waals surface area (Å²) in [6.07, 6.45) is 6.49. The summed E-state index contributed by atoms with van der Waals surface area (Å²) in [7, 11) is -3.85. The van der Waals surface area contributed by atoms with E-state index in [1.54, 1.807) is 0 Å². The molecular weight excluding hydrogens is 352 g/mol. The van der Waals surface area contributed by atoms with Crippen LogP contribution in [0.5, 0.6) is 0 Å². The highest BCUT2D eigenvalue weighted by molar-refractivity contribution is 9.10. The lowest BCUT2D eigenvalue weighted by molar-refractivity contribution is 0.441. The van der Waals surface area contributed by atoms with Crippen LogP contribution in [0.2, 0.25) is 0 Å². The molecule has 0 radical (unpaired) electrons. The minimum atomic E-state index is -3.85. The van der Waals surface area contributed by atoms with Crippen LogP contribution >= 0.6 is 15.9 Å². The highest BCUT2D eigenvalue weighted by Gasteiger charge is 2.10. The quantitative estimate of drug-likeness (QED) is 0.665. The van der Waals surface area contributed by atoms with Crippen LogP contribution in [0.25, 0.3) is 6.08 Å². The van der Waals surface area contributed by atoms with Gasteiger partial charge in [-0.05, 0) is 48.8 Å². The van der Waals surface area contributed by atoms with Gasteiger partial charge in [0.25, 0.3) is 10.1 Å². The zero-order valence-electron chi connectivity index (χ0n) is 12.5. The Labute approximate surface area is 136 Å². The maximum Gasteiger partial charge on any atom is 0.264 e. The first-order valence-electron chi connectivity index (χ1n) is 7.15. The molecule has 0 aliphatic heterocycles. The molecule has 0 spiro atoms. The van der Waals surface area contributed by atoms with Gasteiger partial charge in [-0.2, -0.15) is 8.42 Å². The second kappa shape index (κ2) is 8.71. The van der Waals surface area contributed by atoms with E-state index >= 15 is 0 Å². The second-order valence-corrected chi connectivity index (χ2v) is 8.22. The van der Waals surface area contributed by atoms with E-state index in [9.17, 15) is 8.42 Å². The Kier molecular flexibility index (Phi) is 7.63. The van der Waals surface area contributed by atoms with Crippen molar-refractivity contribution in [2.24, 2.45) is 11.8 Å². The third kappa shape index (κ3) is 9.06. The van der Waals surface area contributed by atoms with Crippen LogP contribution in [0.4, 0.5) is 0 Å². The molecule has 0 fully saturated rings. The van der Waals surface area contributed by atoms with Gasteiger partial charge in [0, 0.05) is 4.47 Å². The van der Waals surface area contributed by atoms with Gasteiger partial charge >= 0.3 is 0 Å². The first-order chi connectivity index (χ1) is 9.76. The SMILES string of the molecule is CC(C)CC(C=Cc1ccc(Br)cc1)CCCS(=O)(=O)O. The first-order valence-corrected chi connectivity index (χ1v) is 9.55. The van der Waals surface area contributed by atoms with Crippen molar-refractivity contribution in [2.45, 2.75) is 33.1 Å². The fourth-order valence-electron chi connectivity index (χ4n) is 2.25. The highest BCUT2D eigenvalue weighted by Crippen LogP contribution is 2.21. The summed E-state index contributed by atoms with van der Waals surface area (Å²) >= 11 is 3.41. The maximum atomic E-state index is 10.8. The van der Waals surface area contributed by atoms with Crippen LogP contribution in [0.3, 0.4) is 0 Å². The molecule has 0 aliphatic carbocycles. The molecule has 3 nitrogen and oxygen atoms in total. The van der Waals surface area contributed by atoms with E-state index in [1.807, 2.05) is 24.3 Å². The fraction of sp³-hybridized carbons (Fsp3) is 0.500. The van der Waals surface area contributed by atoms with Gasteiger partial charge in [0.1, 0.15) is 0 Å². The lowest BCUT2D eigenvalue weighted by atomic mass is 9.92. The largest absolute Gasteiger partial charge is 0.286 e. The van der Waals surface area contributed by atoms with Gasteiger partial charge in [0.2, 0.25) is 0 Å². The lowest BCUT2D eigenvalue weighted by Crippen LogP contribution is -2.08. The Morgan fingerprint density at radius 1 is 1.24 bits per heavy atom. The molecule has 0 aromatic heterocycles. The Bertz CT molecular complexity index is 547. The summed E-state index contributed by atoms with van der Waals surface area (Å²) in [5.74, 6) is 0.721. The summed E-state index contributed by atoms with van der Waals surface area (Å²) < 4.78 is 31.4. The molecule has 21 heavy (non-hydrogen) atoms. The smallest absolute Gasteiger partial charge is 0.264 e. The van der Waals surface area contributed by atoms with Crippen molar-refractivity contribution >= 4 is 32.1 Å². The van der Waals surface area contributed by atoms with Gasteiger partial charge in [-0.15, -0.1) is 0 Å². The fourth-order valence-corrected chi connectivity index (χ4v) is 3.04. The average molecular weight is 375 g/mol. The average Bonchev–Trinajstić information content (AvgIpc) is 2.35.